The predicted octanol–water partition coefficient (Wildman–Crippen LogP) is 2.24. The number of piperidine rings is 1. The Bertz CT molecular complexity index is 538. The largest absolute Gasteiger partial charge is 0.490 e. The number of carbonyl (C=O) groups is 1. The average molecular weight is 301 g/mol. The van der Waals surface area contributed by atoms with Crippen molar-refractivity contribution in [3.05, 3.63) is 30.7 Å². The molecule has 0 atom stereocenters. The highest BCUT2D eigenvalue weighted by Gasteiger charge is 2.17. The second-order valence-corrected chi connectivity index (χ2v) is 5.85. The molecule has 118 valence electrons. The van der Waals surface area contributed by atoms with E-state index < -0.39 is 0 Å². The molecule has 5 nitrogen and oxygen atoms in total. The highest BCUT2D eigenvalue weighted by atomic mass is 16.5. The minimum atomic E-state index is 0.214. The maximum atomic E-state index is 11.6. The molecule has 1 fully saturated rings. The average Bonchev–Trinajstić information content (AvgIpc) is 2.56. The number of anilines is 1. The Hall–Kier alpha value is -1.88. The van der Waals surface area contributed by atoms with Crippen molar-refractivity contribution in [3.63, 3.8) is 0 Å². The third kappa shape index (κ3) is 3.85. The summed E-state index contributed by atoms with van der Waals surface area (Å²) in [6, 6.07) is 1.87. The van der Waals surface area contributed by atoms with Crippen LogP contribution in [0.5, 0.6) is 5.75 Å². The van der Waals surface area contributed by atoms with E-state index in [9.17, 15) is 4.79 Å². The van der Waals surface area contributed by atoms with Crippen LogP contribution in [0.1, 0.15) is 25.7 Å². The van der Waals surface area contributed by atoms with E-state index in [1.807, 2.05) is 23.2 Å². The molecule has 0 amide bonds. The first-order valence-corrected chi connectivity index (χ1v) is 8.07. The van der Waals surface area contributed by atoms with E-state index in [1.165, 1.54) is 32.4 Å². The normalized spacial score (nSPS) is 19.5. The van der Waals surface area contributed by atoms with Gasteiger partial charge >= 0.3 is 0 Å². The van der Waals surface area contributed by atoms with Crippen LogP contribution in [0.2, 0.25) is 0 Å². The van der Waals surface area contributed by atoms with E-state index in [1.54, 1.807) is 12.4 Å². The van der Waals surface area contributed by atoms with Gasteiger partial charge in [-0.25, -0.2) is 0 Å². The Morgan fingerprint density at radius 1 is 1.23 bits per heavy atom. The molecule has 1 aromatic heterocycles. The number of allylic oxidation sites excluding steroid dienone is 1. The second kappa shape index (κ2) is 7.40. The zero-order chi connectivity index (χ0) is 15.2. The van der Waals surface area contributed by atoms with Gasteiger partial charge in [0, 0.05) is 31.4 Å². The van der Waals surface area contributed by atoms with Crippen LogP contribution in [-0.4, -0.2) is 48.5 Å². The SMILES string of the molecule is O=C1CC=CN(c2cnccc2OCCN2CCCCC2)C1. The lowest BCUT2D eigenvalue weighted by atomic mass is 10.1. The van der Waals surface area contributed by atoms with Gasteiger partial charge < -0.3 is 9.64 Å². The van der Waals surface area contributed by atoms with Gasteiger partial charge in [0.25, 0.3) is 0 Å². The van der Waals surface area contributed by atoms with Gasteiger partial charge in [-0.05, 0) is 25.9 Å². The summed E-state index contributed by atoms with van der Waals surface area (Å²) in [4.78, 5) is 20.1. The molecule has 0 radical (unpaired) electrons. The van der Waals surface area contributed by atoms with Crippen LogP contribution in [-0.2, 0) is 4.79 Å². The Kier molecular flexibility index (Phi) is 5.06. The fourth-order valence-electron chi connectivity index (χ4n) is 2.96. The summed E-state index contributed by atoms with van der Waals surface area (Å²) in [5.74, 6) is 1.01. The first-order valence-electron chi connectivity index (χ1n) is 8.07. The molecule has 1 aromatic rings. The minimum Gasteiger partial charge on any atom is -0.490 e. The van der Waals surface area contributed by atoms with Gasteiger partial charge in [0.05, 0.1) is 12.7 Å². The number of hydrogen-bond acceptors (Lipinski definition) is 5. The Morgan fingerprint density at radius 3 is 2.91 bits per heavy atom. The number of likely N-dealkylation sites (tertiary alicyclic amines) is 1. The molecule has 0 N–H and O–H groups in total. The molecular weight excluding hydrogens is 278 g/mol. The fraction of sp³-hybridized carbons (Fsp3) is 0.529. The van der Waals surface area contributed by atoms with Crippen LogP contribution < -0.4 is 9.64 Å². The predicted molar refractivity (Wildman–Crippen MR) is 86.1 cm³/mol. The Labute approximate surface area is 131 Å². The monoisotopic (exact) mass is 301 g/mol. The van der Waals surface area contributed by atoms with Crippen molar-refractivity contribution in [2.45, 2.75) is 25.7 Å². The minimum absolute atomic E-state index is 0.214. The lowest BCUT2D eigenvalue weighted by Crippen LogP contribution is -2.33. The number of nitrogens with zero attached hydrogens (tertiary/aromatic N) is 3. The van der Waals surface area contributed by atoms with Gasteiger partial charge in [-0.1, -0.05) is 12.5 Å². The van der Waals surface area contributed by atoms with Gasteiger partial charge in [0.2, 0.25) is 0 Å². The van der Waals surface area contributed by atoms with E-state index in [0.717, 1.165) is 18.0 Å². The molecule has 3 heterocycles. The van der Waals surface area contributed by atoms with Gasteiger partial charge in [-0.15, -0.1) is 0 Å². The number of rotatable bonds is 5. The summed E-state index contributed by atoms with van der Waals surface area (Å²) in [6.07, 6.45) is 11.8. The maximum Gasteiger partial charge on any atom is 0.156 e. The van der Waals surface area contributed by atoms with Crippen molar-refractivity contribution in [2.24, 2.45) is 0 Å². The van der Waals surface area contributed by atoms with Crippen molar-refractivity contribution in [3.8, 4) is 5.75 Å². The summed E-state index contributed by atoms with van der Waals surface area (Å²) in [5.41, 5.74) is 0.866. The van der Waals surface area contributed by atoms with Crippen LogP contribution in [0, 0.1) is 0 Å². The lowest BCUT2D eigenvalue weighted by molar-refractivity contribution is -0.117. The van der Waals surface area contributed by atoms with Gasteiger partial charge in [-0.2, -0.15) is 0 Å². The molecule has 5 heteroatoms. The molecule has 0 saturated carbocycles. The van der Waals surface area contributed by atoms with E-state index in [2.05, 4.69) is 9.88 Å². The molecule has 0 aromatic carbocycles. The molecule has 0 aliphatic carbocycles. The third-order valence-corrected chi connectivity index (χ3v) is 4.16. The van der Waals surface area contributed by atoms with Crippen molar-refractivity contribution < 1.29 is 9.53 Å². The van der Waals surface area contributed by atoms with Gasteiger partial charge in [0.1, 0.15) is 18.0 Å². The molecule has 0 bridgehead atoms. The molecule has 22 heavy (non-hydrogen) atoms. The molecule has 1 saturated heterocycles. The lowest BCUT2D eigenvalue weighted by Gasteiger charge is -2.27. The summed E-state index contributed by atoms with van der Waals surface area (Å²) in [5, 5.41) is 0. The second-order valence-electron chi connectivity index (χ2n) is 5.85. The Balaban J connectivity index is 1.60. The fourth-order valence-corrected chi connectivity index (χ4v) is 2.96. The van der Waals surface area contributed by atoms with E-state index in [-0.39, 0.29) is 5.78 Å². The molecule has 2 aliphatic rings. The summed E-state index contributed by atoms with van der Waals surface area (Å²) in [6.45, 7) is 4.37. The number of Topliss-reactive ketones (excluding diaryl/α,β-unsaturated/α-hetero) is 1. The maximum absolute atomic E-state index is 11.6. The van der Waals surface area contributed by atoms with E-state index in [0.29, 0.717) is 19.6 Å². The van der Waals surface area contributed by atoms with Crippen LogP contribution in [0.15, 0.2) is 30.7 Å². The quantitative estimate of drug-likeness (QED) is 0.834. The number of ketones is 1. The van der Waals surface area contributed by atoms with Crippen molar-refractivity contribution >= 4 is 11.5 Å². The number of carbonyl (C=O) groups excluding carboxylic acids is 1. The molecule has 0 unspecified atom stereocenters. The van der Waals surface area contributed by atoms with Crippen molar-refractivity contribution in [2.75, 3.05) is 37.7 Å². The zero-order valence-corrected chi connectivity index (χ0v) is 12.9. The van der Waals surface area contributed by atoms with E-state index >= 15 is 0 Å². The van der Waals surface area contributed by atoms with Crippen molar-refractivity contribution in [1.82, 2.24) is 9.88 Å². The highest BCUT2D eigenvalue weighted by molar-refractivity contribution is 5.87. The smallest absolute Gasteiger partial charge is 0.156 e. The molecule has 3 rings (SSSR count). The number of hydrogen-bond donors (Lipinski definition) is 0. The summed E-state index contributed by atoms with van der Waals surface area (Å²) < 4.78 is 5.96. The molecule has 2 aliphatic heterocycles. The molecular formula is C17H23N3O2. The standard InChI is InChI=1S/C17H23N3O2/c21-15-5-4-10-20(14-15)16-13-18-7-6-17(16)22-12-11-19-8-2-1-3-9-19/h4,6-7,10,13H,1-3,5,8-9,11-12,14H2. The molecule has 0 spiro atoms. The van der Waals surface area contributed by atoms with Crippen LogP contribution in [0.3, 0.4) is 0 Å². The van der Waals surface area contributed by atoms with Crippen molar-refractivity contribution in [1.29, 1.82) is 0 Å². The summed E-state index contributed by atoms with van der Waals surface area (Å²) in [7, 11) is 0. The topological polar surface area (TPSA) is 45.7 Å². The zero-order valence-electron chi connectivity index (χ0n) is 12.9. The third-order valence-electron chi connectivity index (χ3n) is 4.16. The van der Waals surface area contributed by atoms with Crippen LogP contribution in [0.4, 0.5) is 5.69 Å². The van der Waals surface area contributed by atoms with Gasteiger partial charge in [0.15, 0.2) is 5.78 Å². The van der Waals surface area contributed by atoms with Crippen LogP contribution >= 0.6 is 0 Å². The van der Waals surface area contributed by atoms with E-state index in [4.69, 9.17) is 4.74 Å². The van der Waals surface area contributed by atoms with Gasteiger partial charge in [-0.3, -0.25) is 14.7 Å². The van der Waals surface area contributed by atoms with Crippen LogP contribution in [0.25, 0.3) is 0 Å². The summed E-state index contributed by atoms with van der Waals surface area (Å²) >= 11 is 0. The Morgan fingerprint density at radius 2 is 2.09 bits per heavy atom. The number of pyridine rings is 1. The number of ether oxygens (including phenoxy) is 1. The first-order chi connectivity index (χ1) is 10.8. The number of aromatic nitrogens is 1. The first kappa shape index (κ1) is 15.0. The highest BCUT2D eigenvalue weighted by Crippen LogP contribution is 2.28.